The first-order valence-electron chi connectivity index (χ1n) is 6.33. The Bertz CT molecular complexity index is 205. The second-order valence-electron chi connectivity index (χ2n) is 5.53. The van der Waals surface area contributed by atoms with Crippen molar-refractivity contribution in [2.24, 2.45) is 5.73 Å². The zero-order valence-corrected chi connectivity index (χ0v) is 11.3. The van der Waals surface area contributed by atoms with E-state index >= 15 is 0 Å². The number of hydrogen-bond donors (Lipinski definition) is 2. The first-order chi connectivity index (χ1) is 7.49. The molecular weight excluding hydrogens is 200 g/mol. The van der Waals surface area contributed by atoms with Gasteiger partial charge in [-0.2, -0.15) is 0 Å². The van der Waals surface area contributed by atoms with Crippen molar-refractivity contribution in [1.29, 1.82) is 0 Å². The summed E-state index contributed by atoms with van der Waals surface area (Å²) >= 11 is 0. The van der Waals surface area contributed by atoms with Crippen LogP contribution in [0, 0.1) is 0 Å². The topological polar surface area (TPSA) is 44.5 Å². The van der Waals surface area contributed by atoms with Gasteiger partial charge in [0.15, 0.2) is 0 Å². The number of hydrogen-bond acceptors (Lipinski definition) is 4. The van der Waals surface area contributed by atoms with Crippen molar-refractivity contribution in [3.05, 3.63) is 0 Å². The van der Waals surface area contributed by atoms with Crippen molar-refractivity contribution in [1.82, 2.24) is 15.1 Å². The second-order valence-corrected chi connectivity index (χ2v) is 5.53. The minimum atomic E-state index is 0.153. The lowest BCUT2D eigenvalue weighted by molar-refractivity contribution is 0.238. The lowest BCUT2D eigenvalue weighted by Gasteiger charge is -2.31. The predicted octanol–water partition coefficient (Wildman–Crippen LogP) is -0.0508. The number of nitrogens with one attached hydrogen (secondary N) is 1. The number of likely N-dealkylation sites (tertiary alicyclic amines) is 1. The molecular formula is C12H28N4. The average molecular weight is 228 g/mol. The Balaban J connectivity index is 2.40. The maximum Gasteiger partial charge on any atom is 0.0445 e. The quantitative estimate of drug-likeness (QED) is 0.669. The molecule has 1 unspecified atom stereocenters. The molecule has 0 spiro atoms. The number of likely N-dealkylation sites (N-methyl/N-ethyl adjacent to an activating group) is 1. The Hall–Kier alpha value is -0.160. The van der Waals surface area contributed by atoms with E-state index in [4.69, 9.17) is 5.73 Å². The van der Waals surface area contributed by atoms with Crippen LogP contribution in [-0.4, -0.2) is 68.2 Å². The van der Waals surface area contributed by atoms with Gasteiger partial charge in [0.05, 0.1) is 0 Å². The van der Waals surface area contributed by atoms with Crippen molar-refractivity contribution >= 4 is 0 Å². The van der Waals surface area contributed by atoms with Gasteiger partial charge in [0.1, 0.15) is 0 Å². The number of rotatable bonds is 6. The Labute approximate surface area is 100 Å². The molecule has 4 nitrogen and oxygen atoms in total. The SMILES string of the molecule is CC(C)N1CCC(CN)(NCCN(C)C)C1. The smallest absolute Gasteiger partial charge is 0.0445 e. The Morgan fingerprint density at radius 3 is 2.56 bits per heavy atom. The van der Waals surface area contributed by atoms with Crippen LogP contribution in [0.2, 0.25) is 0 Å². The first kappa shape index (κ1) is 13.9. The van der Waals surface area contributed by atoms with Crippen LogP contribution in [-0.2, 0) is 0 Å². The van der Waals surface area contributed by atoms with E-state index in [-0.39, 0.29) is 5.54 Å². The fourth-order valence-corrected chi connectivity index (χ4v) is 2.27. The molecule has 1 atom stereocenters. The van der Waals surface area contributed by atoms with Gasteiger partial charge in [0, 0.05) is 44.3 Å². The number of nitrogens with two attached hydrogens (primary N) is 1. The predicted molar refractivity (Wildman–Crippen MR) is 69.7 cm³/mol. The van der Waals surface area contributed by atoms with E-state index in [9.17, 15) is 0 Å². The van der Waals surface area contributed by atoms with Crippen LogP contribution in [0.15, 0.2) is 0 Å². The van der Waals surface area contributed by atoms with Crippen LogP contribution in [0.3, 0.4) is 0 Å². The van der Waals surface area contributed by atoms with E-state index in [2.05, 4.69) is 43.1 Å². The molecule has 4 heteroatoms. The lowest BCUT2D eigenvalue weighted by Crippen LogP contribution is -2.55. The summed E-state index contributed by atoms with van der Waals surface area (Å²) in [7, 11) is 4.21. The molecule has 0 aromatic heterocycles. The van der Waals surface area contributed by atoms with E-state index in [1.165, 1.54) is 13.0 Å². The molecule has 0 bridgehead atoms. The van der Waals surface area contributed by atoms with Crippen LogP contribution in [0.25, 0.3) is 0 Å². The summed E-state index contributed by atoms with van der Waals surface area (Å²) in [5.41, 5.74) is 6.10. The highest BCUT2D eigenvalue weighted by Crippen LogP contribution is 2.21. The van der Waals surface area contributed by atoms with Gasteiger partial charge in [-0.25, -0.2) is 0 Å². The summed E-state index contributed by atoms with van der Waals surface area (Å²) in [6.45, 7) is 9.61. The van der Waals surface area contributed by atoms with E-state index in [1.807, 2.05) is 0 Å². The van der Waals surface area contributed by atoms with Crippen molar-refractivity contribution < 1.29 is 0 Å². The molecule has 1 fully saturated rings. The van der Waals surface area contributed by atoms with E-state index in [1.54, 1.807) is 0 Å². The normalized spacial score (nSPS) is 27.2. The molecule has 1 aliphatic rings. The molecule has 1 saturated heterocycles. The van der Waals surface area contributed by atoms with Gasteiger partial charge in [-0.15, -0.1) is 0 Å². The fourth-order valence-electron chi connectivity index (χ4n) is 2.27. The molecule has 0 aromatic carbocycles. The van der Waals surface area contributed by atoms with Crippen LogP contribution >= 0.6 is 0 Å². The molecule has 3 N–H and O–H groups in total. The van der Waals surface area contributed by atoms with Gasteiger partial charge in [-0.3, -0.25) is 4.90 Å². The van der Waals surface area contributed by atoms with E-state index < -0.39 is 0 Å². The Kier molecular flexibility index (Phi) is 5.18. The summed E-state index contributed by atoms with van der Waals surface area (Å²) in [6.07, 6.45) is 1.18. The Morgan fingerprint density at radius 2 is 2.12 bits per heavy atom. The average Bonchev–Trinajstić information content (AvgIpc) is 2.63. The third-order valence-corrected chi connectivity index (χ3v) is 3.56. The van der Waals surface area contributed by atoms with Gasteiger partial charge >= 0.3 is 0 Å². The summed E-state index contributed by atoms with van der Waals surface area (Å²) < 4.78 is 0. The van der Waals surface area contributed by atoms with Gasteiger partial charge in [-0.1, -0.05) is 0 Å². The minimum absolute atomic E-state index is 0.153. The van der Waals surface area contributed by atoms with Crippen LogP contribution in [0.4, 0.5) is 0 Å². The molecule has 1 aliphatic heterocycles. The third-order valence-electron chi connectivity index (χ3n) is 3.56. The minimum Gasteiger partial charge on any atom is -0.329 e. The monoisotopic (exact) mass is 228 g/mol. The van der Waals surface area contributed by atoms with Crippen LogP contribution in [0.5, 0.6) is 0 Å². The van der Waals surface area contributed by atoms with Crippen molar-refractivity contribution in [2.75, 3.05) is 46.8 Å². The molecule has 1 heterocycles. The fraction of sp³-hybridized carbons (Fsp3) is 1.00. The van der Waals surface area contributed by atoms with E-state index in [0.717, 1.165) is 26.2 Å². The zero-order valence-electron chi connectivity index (χ0n) is 11.3. The zero-order chi connectivity index (χ0) is 12.2. The molecule has 0 aromatic rings. The summed E-state index contributed by atoms with van der Waals surface area (Å²) in [6, 6.07) is 0.629. The lowest BCUT2D eigenvalue weighted by atomic mass is 9.99. The molecule has 0 saturated carbocycles. The third kappa shape index (κ3) is 3.70. The highest BCUT2D eigenvalue weighted by Gasteiger charge is 2.37. The first-order valence-corrected chi connectivity index (χ1v) is 6.33. The largest absolute Gasteiger partial charge is 0.329 e. The van der Waals surface area contributed by atoms with Gasteiger partial charge < -0.3 is 16.0 Å². The van der Waals surface area contributed by atoms with Crippen molar-refractivity contribution in [3.8, 4) is 0 Å². The van der Waals surface area contributed by atoms with Crippen molar-refractivity contribution in [3.63, 3.8) is 0 Å². The highest BCUT2D eigenvalue weighted by molar-refractivity contribution is 4.98. The van der Waals surface area contributed by atoms with Gasteiger partial charge in [0.25, 0.3) is 0 Å². The van der Waals surface area contributed by atoms with Crippen molar-refractivity contribution in [2.45, 2.75) is 31.8 Å². The molecule has 0 amide bonds. The summed E-state index contributed by atoms with van der Waals surface area (Å²) in [4.78, 5) is 4.71. The molecule has 0 aliphatic carbocycles. The molecule has 1 rings (SSSR count). The second kappa shape index (κ2) is 5.96. The molecule has 0 radical (unpaired) electrons. The van der Waals surface area contributed by atoms with Gasteiger partial charge in [0.2, 0.25) is 0 Å². The highest BCUT2D eigenvalue weighted by atomic mass is 15.2. The summed E-state index contributed by atoms with van der Waals surface area (Å²) in [5.74, 6) is 0. The maximum absolute atomic E-state index is 5.95. The van der Waals surface area contributed by atoms with Crippen LogP contribution in [0.1, 0.15) is 20.3 Å². The molecule has 16 heavy (non-hydrogen) atoms. The van der Waals surface area contributed by atoms with Crippen LogP contribution < -0.4 is 11.1 Å². The maximum atomic E-state index is 5.95. The summed E-state index contributed by atoms with van der Waals surface area (Å²) in [5, 5.41) is 3.65. The standard InChI is InChI=1S/C12H28N4/c1-11(2)16-7-5-12(9-13,10-16)14-6-8-15(3)4/h11,14H,5-10,13H2,1-4H3. The number of nitrogens with zero attached hydrogens (tertiary/aromatic N) is 2. The van der Waals surface area contributed by atoms with Gasteiger partial charge in [-0.05, 0) is 34.4 Å². The van der Waals surface area contributed by atoms with E-state index in [0.29, 0.717) is 6.04 Å². The molecule has 96 valence electrons. The Morgan fingerprint density at radius 1 is 1.44 bits per heavy atom.